The molecule has 0 aromatic carbocycles. The van der Waals surface area contributed by atoms with Crippen molar-refractivity contribution >= 4 is 0 Å². The van der Waals surface area contributed by atoms with Gasteiger partial charge in [0, 0.05) is 18.8 Å². The lowest BCUT2D eigenvalue weighted by Crippen LogP contribution is -2.39. The van der Waals surface area contributed by atoms with Crippen LogP contribution in [0, 0.1) is 13.8 Å². The molecule has 0 aliphatic carbocycles. The van der Waals surface area contributed by atoms with E-state index in [1.807, 2.05) is 13.8 Å². The maximum absolute atomic E-state index is 12.1. The van der Waals surface area contributed by atoms with Gasteiger partial charge in [0.15, 0.2) is 0 Å². The molecule has 0 atom stereocenters. The molecule has 2 aromatic heterocycles. The Labute approximate surface area is 110 Å². The highest BCUT2D eigenvalue weighted by atomic mass is 16.4. The topological polar surface area (TPSA) is 70.0 Å². The van der Waals surface area contributed by atoms with Crippen molar-refractivity contribution in [3.63, 3.8) is 0 Å². The zero-order chi connectivity index (χ0) is 14.0. The van der Waals surface area contributed by atoms with Crippen LogP contribution in [-0.4, -0.2) is 14.1 Å². The molecule has 2 rings (SSSR count). The molecule has 0 aliphatic rings. The van der Waals surface area contributed by atoms with Crippen molar-refractivity contribution in [1.82, 2.24) is 14.1 Å². The summed E-state index contributed by atoms with van der Waals surface area (Å²) < 4.78 is 8.07. The molecule has 0 saturated heterocycles. The second-order valence-electron chi connectivity index (χ2n) is 4.47. The van der Waals surface area contributed by atoms with Gasteiger partial charge in [-0.3, -0.25) is 9.36 Å². The molecule has 0 spiro atoms. The van der Waals surface area contributed by atoms with Crippen LogP contribution >= 0.6 is 0 Å². The maximum atomic E-state index is 12.1. The second-order valence-corrected chi connectivity index (χ2v) is 4.47. The van der Waals surface area contributed by atoms with E-state index in [1.54, 1.807) is 6.92 Å². The summed E-state index contributed by atoms with van der Waals surface area (Å²) in [4.78, 5) is 28.1. The second kappa shape index (κ2) is 5.26. The van der Waals surface area contributed by atoms with Crippen LogP contribution in [0.4, 0.5) is 0 Å². The van der Waals surface area contributed by atoms with Crippen molar-refractivity contribution in [1.29, 1.82) is 0 Å². The van der Waals surface area contributed by atoms with Crippen LogP contribution in [0.25, 0.3) is 0 Å². The third kappa shape index (κ3) is 2.67. The van der Waals surface area contributed by atoms with Crippen molar-refractivity contribution in [2.45, 2.75) is 40.3 Å². The number of hydrogen-bond donors (Lipinski definition) is 0. The first-order chi connectivity index (χ1) is 9.02. The first-order valence-corrected chi connectivity index (χ1v) is 6.26. The van der Waals surface area contributed by atoms with Crippen molar-refractivity contribution in [2.75, 3.05) is 0 Å². The van der Waals surface area contributed by atoms with E-state index in [4.69, 9.17) is 4.42 Å². The number of aromatic nitrogens is 3. The molecule has 6 heteroatoms. The zero-order valence-electron chi connectivity index (χ0n) is 11.3. The molecule has 0 radical (unpaired) electrons. The van der Waals surface area contributed by atoms with Crippen LogP contribution in [0.5, 0.6) is 0 Å². The van der Waals surface area contributed by atoms with Crippen molar-refractivity contribution in [3.05, 3.63) is 50.4 Å². The highest BCUT2D eigenvalue weighted by Gasteiger charge is 2.10. The first-order valence-electron chi connectivity index (χ1n) is 6.26. The molecule has 0 amide bonds. The third-order valence-corrected chi connectivity index (χ3v) is 2.97. The summed E-state index contributed by atoms with van der Waals surface area (Å²) >= 11 is 0. The largest absolute Gasteiger partial charge is 0.444 e. The highest BCUT2D eigenvalue weighted by molar-refractivity contribution is 5.05. The minimum atomic E-state index is -0.342. The van der Waals surface area contributed by atoms with Gasteiger partial charge in [0.2, 0.25) is 5.89 Å². The van der Waals surface area contributed by atoms with Crippen LogP contribution in [0.15, 0.2) is 26.3 Å². The number of hydrogen-bond acceptors (Lipinski definition) is 4. The lowest BCUT2D eigenvalue weighted by molar-refractivity contribution is 0.442. The molecular weight excluding hydrogens is 246 g/mol. The van der Waals surface area contributed by atoms with Crippen molar-refractivity contribution in [2.24, 2.45) is 0 Å². The Hall–Kier alpha value is -2.11. The highest BCUT2D eigenvalue weighted by Crippen LogP contribution is 2.08. The Morgan fingerprint density at radius 3 is 2.63 bits per heavy atom. The maximum Gasteiger partial charge on any atom is 0.331 e. The summed E-state index contributed by atoms with van der Waals surface area (Å²) in [5, 5.41) is 0. The minimum Gasteiger partial charge on any atom is -0.444 e. The van der Waals surface area contributed by atoms with Crippen molar-refractivity contribution < 1.29 is 4.42 Å². The predicted molar refractivity (Wildman–Crippen MR) is 70.3 cm³/mol. The quantitative estimate of drug-likeness (QED) is 0.827. The SMILES string of the molecule is CCCn1ccc(=O)n(Cc2nc(C)c(C)o2)c1=O. The molecule has 0 fully saturated rings. The van der Waals surface area contributed by atoms with Gasteiger partial charge in [-0.25, -0.2) is 9.78 Å². The van der Waals surface area contributed by atoms with E-state index in [1.165, 1.54) is 16.8 Å². The fourth-order valence-corrected chi connectivity index (χ4v) is 1.86. The number of aryl methyl sites for hydroxylation is 3. The van der Waals surface area contributed by atoms with Gasteiger partial charge in [-0.15, -0.1) is 0 Å². The smallest absolute Gasteiger partial charge is 0.331 e. The van der Waals surface area contributed by atoms with Gasteiger partial charge in [0.05, 0.1) is 5.69 Å². The lowest BCUT2D eigenvalue weighted by Gasteiger charge is -2.07. The standard InChI is InChI=1S/C13H17N3O3/c1-4-6-15-7-5-12(17)16(13(15)18)8-11-14-9(2)10(3)19-11/h5,7H,4,6,8H2,1-3H3. The van der Waals surface area contributed by atoms with Crippen LogP contribution < -0.4 is 11.2 Å². The molecule has 102 valence electrons. The summed E-state index contributed by atoms with van der Waals surface area (Å²) in [5.41, 5.74) is 0.0987. The van der Waals surface area contributed by atoms with E-state index < -0.39 is 0 Å². The Kier molecular flexibility index (Phi) is 3.69. The molecule has 0 N–H and O–H groups in total. The van der Waals surface area contributed by atoms with Gasteiger partial charge >= 0.3 is 5.69 Å². The summed E-state index contributed by atoms with van der Waals surface area (Å²) in [7, 11) is 0. The number of nitrogens with zero attached hydrogens (tertiary/aromatic N) is 3. The summed E-state index contributed by atoms with van der Waals surface area (Å²) in [6.45, 7) is 6.25. The van der Waals surface area contributed by atoms with E-state index in [0.29, 0.717) is 18.2 Å². The molecule has 19 heavy (non-hydrogen) atoms. The Balaban J connectivity index is 2.42. The van der Waals surface area contributed by atoms with Gasteiger partial charge in [0.25, 0.3) is 5.56 Å². The first kappa shape index (κ1) is 13.3. The molecule has 0 aliphatic heterocycles. The molecule has 2 heterocycles. The molecule has 2 aromatic rings. The molecular formula is C13H17N3O3. The summed E-state index contributed by atoms with van der Waals surface area (Å²) in [6, 6.07) is 1.39. The van der Waals surface area contributed by atoms with Gasteiger partial charge in [-0.05, 0) is 20.3 Å². The number of oxazole rings is 1. The van der Waals surface area contributed by atoms with Crippen LogP contribution in [0.1, 0.15) is 30.7 Å². The normalized spacial score (nSPS) is 10.9. The van der Waals surface area contributed by atoms with Gasteiger partial charge in [-0.2, -0.15) is 0 Å². The van der Waals surface area contributed by atoms with E-state index in [2.05, 4.69) is 4.98 Å². The predicted octanol–water partition coefficient (Wildman–Crippen LogP) is 1.07. The Bertz CT molecular complexity index is 674. The Morgan fingerprint density at radius 2 is 2.05 bits per heavy atom. The fourth-order valence-electron chi connectivity index (χ4n) is 1.86. The molecule has 6 nitrogen and oxygen atoms in total. The van der Waals surface area contributed by atoms with Gasteiger partial charge < -0.3 is 8.98 Å². The van der Waals surface area contributed by atoms with Crippen LogP contribution in [-0.2, 0) is 13.1 Å². The monoisotopic (exact) mass is 263 g/mol. The average Bonchev–Trinajstić information content (AvgIpc) is 2.68. The number of rotatable bonds is 4. The molecule has 0 saturated carbocycles. The van der Waals surface area contributed by atoms with Crippen LogP contribution in [0.2, 0.25) is 0 Å². The molecule has 0 unspecified atom stereocenters. The molecule has 0 bridgehead atoms. The average molecular weight is 263 g/mol. The van der Waals surface area contributed by atoms with Crippen molar-refractivity contribution in [3.8, 4) is 0 Å². The van der Waals surface area contributed by atoms with E-state index in [0.717, 1.165) is 16.7 Å². The van der Waals surface area contributed by atoms with E-state index in [9.17, 15) is 9.59 Å². The van der Waals surface area contributed by atoms with Gasteiger partial charge in [-0.1, -0.05) is 6.92 Å². The summed E-state index contributed by atoms with van der Waals surface area (Å²) in [6.07, 6.45) is 2.35. The zero-order valence-corrected chi connectivity index (χ0v) is 11.3. The van der Waals surface area contributed by atoms with Crippen LogP contribution in [0.3, 0.4) is 0 Å². The van der Waals surface area contributed by atoms with E-state index >= 15 is 0 Å². The third-order valence-electron chi connectivity index (χ3n) is 2.97. The summed E-state index contributed by atoms with van der Waals surface area (Å²) in [5.74, 6) is 1.08. The fraction of sp³-hybridized carbons (Fsp3) is 0.462. The minimum absolute atomic E-state index is 0.0664. The Morgan fingerprint density at radius 1 is 1.32 bits per heavy atom. The van der Waals surface area contributed by atoms with Gasteiger partial charge in [0.1, 0.15) is 12.3 Å². The van der Waals surface area contributed by atoms with E-state index in [-0.39, 0.29) is 17.8 Å². The lowest BCUT2D eigenvalue weighted by atomic mass is 10.4.